The Morgan fingerprint density at radius 2 is 0.895 bits per heavy atom. The van der Waals surface area contributed by atoms with Crippen molar-refractivity contribution in [1.29, 1.82) is 0 Å². The standard InChI is InChI=1S/2C22H25.C6H19BNSi2.2ClH.Zr/c2*1-3-5-10-17-15-19-12-8-14-21(22(19)16-17)20-13-7-6-11-18(20)9-4-2;1-9(2,3)8(7)10(4,5)6;;;/h2*6-8,11-16H,3-5,9-10H2,1-2H3;7H,1-6H3;2*1H;/q;;+1;;;+1/p-2. The topological polar surface area (TPSA) is 3.24 Å². The second kappa shape index (κ2) is 18.1. The number of halogens is 2. The molecule has 1 nitrogen and oxygen atoms in total. The quantitative estimate of drug-likeness (QED) is 0.0899. The Balaban J connectivity index is 1.69. The Morgan fingerprint density at radius 3 is 1.26 bits per heavy atom. The molecule has 0 spiro atoms. The van der Waals surface area contributed by atoms with E-state index in [-0.39, 0.29) is 7.25 Å². The van der Waals surface area contributed by atoms with E-state index < -0.39 is 32.6 Å². The van der Waals surface area contributed by atoms with E-state index >= 15 is 0 Å². The maximum atomic E-state index is 9.27. The summed E-state index contributed by atoms with van der Waals surface area (Å²) in [6, 6.07) is 32.4. The molecule has 0 fully saturated rings. The third kappa shape index (κ3) is 9.02. The molecule has 0 N–H and O–H groups in total. The van der Waals surface area contributed by atoms with Crippen LogP contribution in [-0.2, 0) is 29.0 Å². The molecule has 2 aliphatic carbocycles. The molecule has 303 valence electrons. The third-order valence-corrected chi connectivity index (χ3v) is 40.0. The van der Waals surface area contributed by atoms with Crippen LogP contribution < -0.4 is 0 Å². The summed E-state index contributed by atoms with van der Waals surface area (Å²) in [6.45, 7) is 24.4. The van der Waals surface area contributed by atoms with Crippen molar-refractivity contribution >= 4 is 50.6 Å². The first-order valence-corrected chi connectivity index (χ1v) is 40.1. The summed E-state index contributed by atoms with van der Waals surface area (Å²) in [7, 11) is 14.8. The average Bonchev–Trinajstić information content (AvgIpc) is 3.75. The third-order valence-electron chi connectivity index (χ3n) is 12.9. The number of benzene rings is 4. The van der Waals surface area contributed by atoms with Crippen molar-refractivity contribution in [3.63, 3.8) is 0 Å². The van der Waals surface area contributed by atoms with E-state index in [0.717, 1.165) is 69.2 Å². The van der Waals surface area contributed by atoms with Gasteiger partial charge in [-0.25, -0.2) is 0 Å². The molecule has 0 aliphatic heterocycles. The number of hydrogen-bond acceptors (Lipinski definition) is 1. The van der Waals surface area contributed by atoms with Crippen molar-refractivity contribution in [2.75, 3.05) is 0 Å². The van der Waals surface area contributed by atoms with Crippen LogP contribution in [0.5, 0.6) is 0 Å². The van der Waals surface area contributed by atoms with Crippen LogP contribution >= 0.6 is 17.0 Å². The number of fused-ring (bicyclic) bond motifs is 2. The summed E-state index contributed by atoms with van der Waals surface area (Å²) >= 11 is -5.32. The molecule has 7 heteroatoms. The molecular weight excluding hydrogens is 844 g/mol. The molecule has 2 atom stereocenters. The summed E-state index contributed by atoms with van der Waals surface area (Å²) in [4.78, 5) is 0.838. The molecule has 2 unspecified atom stereocenters. The fraction of sp³-hybridized carbons (Fsp3) is 0.440. The molecule has 0 amide bonds. The van der Waals surface area contributed by atoms with Gasteiger partial charge < -0.3 is 0 Å². The minimum absolute atomic E-state index is 0.0295. The van der Waals surface area contributed by atoms with Crippen LogP contribution in [0, 0.1) is 0 Å². The van der Waals surface area contributed by atoms with Gasteiger partial charge >= 0.3 is 361 Å². The predicted octanol–water partition coefficient (Wildman–Crippen LogP) is 16.1. The molecular formula is C50H69BCl2NSi2Zr. The van der Waals surface area contributed by atoms with Crippen LogP contribution in [-0.4, -0.2) is 25.6 Å². The van der Waals surface area contributed by atoms with Crippen molar-refractivity contribution in [3.05, 3.63) is 129 Å². The van der Waals surface area contributed by atoms with Crippen LogP contribution in [0.2, 0.25) is 39.3 Å². The van der Waals surface area contributed by atoms with Crippen LogP contribution in [0.25, 0.3) is 34.4 Å². The summed E-state index contributed by atoms with van der Waals surface area (Å²) in [6.07, 6.45) is 16.2. The number of allylic oxidation sites excluding steroid dienone is 2. The average molecular weight is 913 g/mol. The fourth-order valence-electron chi connectivity index (χ4n) is 10.7. The van der Waals surface area contributed by atoms with E-state index in [4.69, 9.17) is 0 Å². The van der Waals surface area contributed by atoms with E-state index in [1.807, 2.05) is 0 Å². The zero-order valence-electron chi connectivity index (χ0n) is 36.9. The second-order valence-electron chi connectivity index (χ2n) is 19.2. The van der Waals surface area contributed by atoms with Crippen molar-refractivity contribution < 1.29 is 16.2 Å². The first kappa shape index (κ1) is 44.8. The van der Waals surface area contributed by atoms with Gasteiger partial charge in [0.25, 0.3) is 0 Å². The minimum atomic E-state index is -5.32. The molecule has 6 rings (SSSR count). The molecule has 2 aliphatic rings. The first-order chi connectivity index (χ1) is 27.1. The summed E-state index contributed by atoms with van der Waals surface area (Å²) < 4.78 is 3.03. The van der Waals surface area contributed by atoms with Gasteiger partial charge in [-0.15, -0.1) is 0 Å². The molecule has 0 radical (unpaired) electrons. The van der Waals surface area contributed by atoms with Gasteiger partial charge in [0, 0.05) is 0 Å². The van der Waals surface area contributed by atoms with Crippen molar-refractivity contribution in [3.8, 4) is 22.3 Å². The Labute approximate surface area is 358 Å². The van der Waals surface area contributed by atoms with Crippen molar-refractivity contribution in [1.82, 2.24) is 4.14 Å². The SMILES string of the molecule is CCCCC1=Cc2c(-c3ccccc3CCC)cccc2[CH]1[Zr]([Cl])([Cl])([BH]N([Si](C)(C)C)[Si](C)(C)C)[CH]1C(CCCC)=Cc2c(-c3ccccc3CCC)cccc21. The number of hydrogen-bond donors (Lipinski definition) is 0. The summed E-state index contributed by atoms with van der Waals surface area (Å²) in [5, 5.41) is 0. The molecule has 0 saturated heterocycles. The molecule has 0 heterocycles. The first-order valence-electron chi connectivity index (χ1n) is 22.3. The molecule has 0 aromatic heterocycles. The Bertz CT molecular complexity index is 1980. The molecule has 0 saturated carbocycles. The van der Waals surface area contributed by atoms with E-state index in [1.165, 1.54) is 66.8 Å². The molecule has 4 aromatic rings. The van der Waals surface area contributed by atoms with E-state index in [1.54, 1.807) is 0 Å². The number of rotatable bonds is 18. The van der Waals surface area contributed by atoms with E-state index in [0.29, 0.717) is 0 Å². The van der Waals surface area contributed by atoms with Gasteiger partial charge in [-0.05, 0) is 0 Å². The van der Waals surface area contributed by atoms with Gasteiger partial charge in [0.1, 0.15) is 0 Å². The van der Waals surface area contributed by atoms with Crippen LogP contribution in [0.3, 0.4) is 0 Å². The van der Waals surface area contributed by atoms with E-state index in [2.05, 4.69) is 168 Å². The number of aryl methyl sites for hydroxylation is 2. The predicted molar refractivity (Wildman–Crippen MR) is 260 cm³/mol. The van der Waals surface area contributed by atoms with Crippen molar-refractivity contribution in [2.45, 2.75) is 138 Å². The fourth-order valence-corrected chi connectivity index (χ4v) is 53.0. The monoisotopic (exact) mass is 910 g/mol. The number of nitrogens with zero attached hydrogens (tertiary/aromatic N) is 1. The van der Waals surface area contributed by atoms with Gasteiger partial charge in [-0.2, -0.15) is 0 Å². The van der Waals surface area contributed by atoms with Gasteiger partial charge in [0.05, 0.1) is 0 Å². The van der Waals surface area contributed by atoms with Crippen molar-refractivity contribution in [2.24, 2.45) is 0 Å². The molecule has 4 aromatic carbocycles. The normalized spacial score (nSPS) is 17.5. The zero-order valence-corrected chi connectivity index (χ0v) is 42.8. The van der Waals surface area contributed by atoms with E-state index in [9.17, 15) is 17.0 Å². The summed E-state index contributed by atoms with van der Waals surface area (Å²) in [5.41, 5.74) is 16.7. The van der Waals surface area contributed by atoms with Crippen LogP contribution in [0.1, 0.15) is 120 Å². The van der Waals surface area contributed by atoms with Gasteiger partial charge in [0.2, 0.25) is 0 Å². The Hall–Kier alpha value is -1.72. The van der Waals surface area contributed by atoms with Gasteiger partial charge in [-0.1, -0.05) is 0 Å². The van der Waals surface area contributed by atoms with Gasteiger partial charge in [0.15, 0.2) is 0 Å². The second-order valence-corrected chi connectivity index (χ2v) is 51.4. The zero-order chi connectivity index (χ0) is 41.2. The Morgan fingerprint density at radius 1 is 0.509 bits per heavy atom. The van der Waals surface area contributed by atoms with Crippen LogP contribution in [0.15, 0.2) is 96.1 Å². The molecule has 0 bridgehead atoms. The van der Waals surface area contributed by atoms with Crippen LogP contribution in [0.4, 0.5) is 0 Å². The molecule has 57 heavy (non-hydrogen) atoms. The van der Waals surface area contributed by atoms with Gasteiger partial charge in [-0.3, -0.25) is 0 Å². The number of unbranched alkanes of at least 4 members (excludes halogenated alkanes) is 2. The maximum absolute atomic E-state index is 9.27. The Kier molecular flexibility index (Phi) is 14.2. The summed E-state index contributed by atoms with van der Waals surface area (Å²) in [5.74, 6) is 0.